The Balaban J connectivity index is 0.000000299. The summed E-state index contributed by atoms with van der Waals surface area (Å²) in [5.74, 6) is -46.2. The maximum atomic E-state index is 15.3. The van der Waals surface area contributed by atoms with Gasteiger partial charge >= 0.3 is 0 Å². The molecule has 0 saturated heterocycles. The van der Waals surface area contributed by atoms with Crippen LogP contribution in [0.2, 0.25) is 0 Å². The van der Waals surface area contributed by atoms with Gasteiger partial charge in [0.2, 0.25) is 0 Å². The second-order valence-corrected chi connectivity index (χ2v) is 13.3. The van der Waals surface area contributed by atoms with Crippen LogP contribution in [-0.4, -0.2) is 6.15 Å². The lowest BCUT2D eigenvalue weighted by Crippen LogP contribution is -2.81. The van der Waals surface area contributed by atoms with E-state index in [1.54, 1.807) is 0 Å². The van der Waals surface area contributed by atoms with Gasteiger partial charge in [-0.3, -0.25) is 0 Å². The zero-order valence-electron chi connectivity index (χ0n) is 31.0. The van der Waals surface area contributed by atoms with Gasteiger partial charge in [0.15, 0.2) is 46.5 Å². The van der Waals surface area contributed by atoms with Crippen molar-refractivity contribution in [2.45, 2.75) is 39.8 Å². The van der Waals surface area contributed by atoms with Crippen LogP contribution in [0.25, 0.3) is 0 Å². The summed E-state index contributed by atoms with van der Waals surface area (Å²) in [6.07, 6.45) is -4.25. The Kier molecular flexibility index (Phi) is 13.8. The van der Waals surface area contributed by atoms with Gasteiger partial charge in [-0.2, -0.15) is 0 Å². The SMILES string of the molecule is CCc1ccccc1C[NH2+]Cc1ccccc1CC.Fc1cc(F)c(F)c([B-](c2c(F)c(F)cc(F)c2F)(c2c(F)c(F)cc(F)c2F)c2c(F)c(F)cc(F)c2F)c1F. The third-order valence-electron chi connectivity index (χ3n) is 10.0. The van der Waals surface area contributed by atoms with Gasteiger partial charge in [-0.15, -0.1) is 21.9 Å². The minimum atomic E-state index is -6.49. The predicted octanol–water partition coefficient (Wildman–Crippen LogP) is 8.36. The molecule has 316 valence electrons. The van der Waals surface area contributed by atoms with E-state index in [2.05, 4.69) is 67.7 Å². The monoisotopic (exact) mass is 861 g/mol. The van der Waals surface area contributed by atoms with Crippen LogP contribution >= 0.6 is 0 Å². The molecule has 18 heteroatoms. The molecule has 0 aliphatic carbocycles. The molecule has 0 unspecified atom stereocenters. The fraction of sp³-hybridized carbons (Fsp3) is 0.143. The standard InChI is InChI=1S/C24H4BF16.C18H23N/c26-5-1-6(27)18(35)13(17(5)34)25(14-19(36)7(28)2-8(29)20(14)37,15-21(38)9(30)3-10(31)22(15)39)16-23(40)11(32)4-12(33)24(16)41;1-3-15-9-5-7-11-17(15)13-19-14-18-12-8-6-10-16(18)4-2/h1-4H;5-12,19H,3-4,13-14H2,1-2H3/q-1;/p+1. The molecule has 0 spiro atoms. The third-order valence-corrected chi connectivity index (χ3v) is 10.0. The van der Waals surface area contributed by atoms with E-state index >= 15 is 35.1 Å². The fourth-order valence-corrected chi connectivity index (χ4v) is 7.34. The largest absolute Gasteiger partial charge is 0.339 e. The highest BCUT2D eigenvalue weighted by molar-refractivity contribution is 7.20. The molecule has 0 fully saturated rings. The molecular weight excluding hydrogens is 833 g/mol. The summed E-state index contributed by atoms with van der Waals surface area (Å²) in [7, 11) is 0. The Morgan fingerprint density at radius 1 is 0.333 bits per heavy atom. The van der Waals surface area contributed by atoms with Crippen molar-refractivity contribution in [2.75, 3.05) is 0 Å². The quantitative estimate of drug-likeness (QED) is 0.0811. The Hall–Kier alpha value is -5.78. The van der Waals surface area contributed by atoms with Crippen molar-refractivity contribution in [3.63, 3.8) is 0 Å². The normalized spacial score (nSPS) is 11.5. The number of benzene rings is 6. The van der Waals surface area contributed by atoms with Crippen molar-refractivity contribution < 1.29 is 75.6 Å². The summed E-state index contributed by atoms with van der Waals surface area (Å²) in [5.41, 5.74) is -6.07. The van der Waals surface area contributed by atoms with Crippen LogP contribution in [0.3, 0.4) is 0 Å². The summed E-state index contributed by atoms with van der Waals surface area (Å²) in [6, 6.07) is 14.8. The van der Waals surface area contributed by atoms with Crippen LogP contribution in [0.4, 0.5) is 70.2 Å². The molecule has 0 aliphatic heterocycles. The lowest BCUT2D eigenvalue weighted by atomic mass is 9.12. The van der Waals surface area contributed by atoms with E-state index in [-0.39, 0.29) is 0 Å². The smallest absolute Gasteiger partial charge is 0.158 e. The second-order valence-electron chi connectivity index (χ2n) is 13.3. The van der Waals surface area contributed by atoms with Crippen LogP contribution in [0.1, 0.15) is 36.1 Å². The lowest BCUT2D eigenvalue weighted by molar-refractivity contribution is -0.686. The number of hydrogen-bond donors (Lipinski definition) is 1. The zero-order valence-corrected chi connectivity index (χ0v) is 31.0. The maximum Gasteiger partial charge on any atom is 0.158 e. The van der Waals surface area contributed by atoms with Gasteiger partial charge in [-0.25, -0.2) is 70.2 Å². The van der Waals surface area contributed by atoms with Gasteiger partial charge in [-0.1, -0.05) is 62.4 Å². The first kappa shape index (κ1) is 45.3. The van der Waals surface area contributed by atoms with E-state index in [1.807, 2.05) is 0 Å². The molecule has 0 atom stereocenters. The molecule has 6 aromatic rings. The van der Waals surface area contributed by atoms with Gasteiger partial charge in [-0.05, 0) is 24.0 Å². The van der Waals surface area contributed by atoms with E-state index in [0.717, 1.165) is 25.9 Å². The molecule has 2 N–H and O–H groups in total. The molecule has 0 aliphatic rings. The first-order valence-electron chi connectivity index (χ1n) is 17.8. The molecule has 6 aromatic carbocycles. The van der Waals surface area contributed by atoms with Crippen molar-refractivity contribution in [3.05, 3.63) is 188 Å². The van der Waals surface area contributed by atoms with Crippen LogP contribution in [0.5, 0.6) is 0 Å². The number of halogens is 16. The van der Waals surface area contributed by atoms with E-state index in [0.29, 0.717) is 0 Å². The first-order chi connectivity index (χ1) is 28.3. The molecular formula is C42H28BF16N. The topological polar surface area (TPSA) is 16.6 Å². The summed E-state index contributed by atoms with van der Waals surface area (Å²) in [6.45, 7) is 6.60. The molecule has 0 amide bonds. The number of quaternary nitrogens is 1. The van der Waals surface area contributed by atoms with Crippen molar-refractivity contribution in [2.24, 2.45) is 0 Å². The molecule has 0 bridgehead atoms. The van der Waals surface area contributed by atoms with E-state index in [4.69, 9.17) is 0 Å². The second kappa shape index (κ2) is 18.2. The molecule has 1 nitrogen and oxygen atoms in total. The van der Waals surface area contributed by atoms with E-state index in [9.17, 15) is 35.1 Å². The average Bonchev–Trinajstić information content (AvgIpc) is 3.21. The Morgan fingerprint density at radius 2 is 0.533 bits per heavy atom. The highest BCUT2D eigenvalue weighted by Gasteiger charge is 2.50. The van der Waals surface area contributed by atoms with Crippen molar-refractivity contribution in [1.82, 2.24) is 0 Å². The summed E-state index contributed by atoms with van der Waals surface area (Å²) in [5, 5.41) is 2.41. The number of hydrogen-bond acceptors (Lipinski definition) is 0. The number of aryl methyl sites for hydroxylation is 2. The molecule has 60 heavy (non-hydrogen) atoms. The minimum absolute atomic E-state index is 0.689. The van der Waals surface area contributed by atoms with Gasteiger partial charge in [0.1, 0.15) is 65.8 Å². The number of nitrogens with two attached hydrogens (primary N) is 1. The highest BCUT2D eigenvalue weighted by atomic mass is 19.2. The van der Waals surface area contributed by atoms with Crippen molar-refractivity contribution in [1.29, 1.82) is 0 Å². The van der Waals surface area contributed by atoms with E-state index in [1.165, 1.54) is 22.3 Å². The van der Waals surface area contributed by atoms with Crippen molar-refractivity contribution >= 4 is 28.0 Å². The molecule has 0 heterocycles. The maximum absolute atomic E-state index is 15.3. The fourth-order valence-electron chi connectivity index (χ4n) is 7.34. The van der Waals surface area contributed by atoms with Crippen LogP contribution in [0, 0.1) is 93.1 Å². The Morgan fingerprint density at radius 3 is 0.733 bits per heavy atom. The van der Waals surface area contributed by atoms with Gasteiger partial charge in [0.05, 0.1) is 0 Å². The summed E-state index contributed by atoms with van der Waals surface area (Å²) >= 11 is 0. The van der Waals surface area contributed by atoms with Crippen LogP contribution in [-0.2, 0) is 25.9 Å². The molecule has 6 rings (SSSR count). The molecule has 0 saturated carbocycles. The van der Waals surface area contributed by atoms with Gasteiger partial charge in [0, 0.05) is 35.4 Å². The average molecular weight is 861 g/mol. The zero-order chi connectivity index (χ0) is 44.4. The predicted molar refractivity (Wildman–Crippen MR) is 190 cm³/mol. The van der Waals surface area contributed by atoms with Crippen LogP contribution < -0.4 is 27.2 Å². The summed E-state index contributed by atoms with van der Waals surface area (Å²) < 4.78 is 238. The van der Waals surface area contributed by atoms with Gasteiger partial charge < -0.3 is 5.32 Å². The molecule has 0 radical (unpaired) electrons. The number of rotatable bonds is 10. The highest BCUT2D eigenvalue weighted by Crippen LogP contribution is 2.28. The first-order valence-corrected chi connectivity index (χ1v) is 17.8. The third kappa shape index (κ3) is 8.08. The minimum Gasteiger partial charge on any atom is -0.339 e. The van der Waals surface area contributed by atoms with E-state index < -0.39 is 145 Å². The molecule has 0 aromatic heterocycles. The van der Waals surface area contributed by atoms with Crippen LogP contribution in [0.15, 0.2) is 72.8 Å². The summed E-state index contributed by atoms with van der Waals surface area (Å²) in [4.78, 5) is 0. The Labute approximate surface area is 331 Å². The Bertz CT molecular complexity index is 2180. The van der Waals surface area contributed by atoms with Crippen molar-refractivity contribution in [3.8, 4) is 0 Å². The van der Waals surface area contributed by atoms with Gasteiger partial charge in [0.25, 0.3) is 0 Å². The lowest BCUT2D eigenvalue weighted by Gasteiger charge is -2.44.